The molecule has 6 heteroatoms. The van der Waals surface area contributed by atoms with Crippen molar-refractivity contribution < 1.29 is 4.74 Å². The van der Waals surface area contributed by atoms with Crippen LogP contribution in [-0.2, 0) is 11.3 Å². The summed E-state index contributed by atoms with van der Waals surface area (Å²) in [5.41, 5.74) is 4.37. The normalized spacial score (nSPS) is 11.6. The van der Waals surface area contributed by atoms with Gasteiger partial charge in [0.2, 0.25) is 0 Å². The third-order valence-electron chi connectivity index (χ3n) is 3.94. The van der Waals surface area contributed by atoms with Crippen LogP contribution in [0.25, 0.3) is 5.69 Å². The molecular formula is C20H31N5O. The Morgan fingerprint density at radius 3 is 2.69 bits per heavy atom. The maximum Gasteiger partial charge on any atom is 0.191 e. The van der Waals surface area contributed by atoms with Crippen molar-refractivity contribution in [3.8, 4) is 5.69 Å². The van der Waals surface area contributed by atoms with Crippen LogP contribution >= 0.6 is 0 Å². The molecule has 142 valence electrons. The molecule has 2 aromatic rings. The zero-order valence-corrected chi connectivity index (χ0v) is 16.4. The monoisotopic (exact) mass is 357 g/mol. The maximum atomic E-state index is 5.37. The largest absolute Gasteiger partial charge is 0.382 e. The van der Waals surface area contributed by atoms with Crippen molar-refractivity contribution in [2.24, 2.45) is 4.99 Å². The van der Waals surface area contributed by atoms with Gasteiger partial charge in [0, 0.05) is 32.0 Å². The van der Waals surface area contributed by atoms with E-state index >= 15 is 0 Å². The Bertz CT molecular complexity index is 708. The Morgan fingerprint density at radius 2 is 2.00 bits per heavy atom. The third-order valence-corrected chi connectivity index (χ3v) is 3.94. The minimum atomic E-state index is 0.593. The second-order valence-electron chi connectivity index (χ2n) is 6.14. The average molecular weight is 358 g/mol. The molecule has 0 unspecified atom stereocenters. The van der Waals surface area contributed by atoms with E-state index in [2.05, 4.69) is 47.8 Å². The van der Waals surface area contributed by atoms with Gasteiger partial charge in [-0.05, 0) is 51.8 Å². The van der Waals surface area contributed by atoms with Crippen LogP contribution in [0.4, 0.5) is 0 Å². The number of aryl methyl sites for hydroxylation is 2. The fraction of sp³-hybridized carbons (Fsp3) is 0.500. The van der Waals surface area contributed by atoms with Crippen LogP contribution in [-0.4, -0.2) is 42.0 Å². The van der Waals surface area contributed by atoms with Crippen LogP contribution in [0.1, 0.15) is 37.2 Å². The first kappa shape index (κ1) is 20.0. The summed E-state index contributed by atoms with van der Waals surface area (Å²) in [7, 11) is 0. The van der Waals surface area contributed by atoms with Crippen molar-refractivity contribution in [1.29, 1.82) is 0 Å². The summed E-state index contributed by atoms with van der Waals surface area (Å²) < 4.78 is 7.36. The highest BCUT2D eigenvalue weighted by atomic mass is 16.5. The molecule has 0 aliphatic carbocycles. The second-order valence-corrected chi connectivity index (χ2v) is 6.14. The molecule has 0 aliphatic rings. The molecule has 0 atom stereocenters. The topological polar surface area (TPSA) is 63.5 Å². The summed E-state index contributed by atoms with van der Waals surface area (Å²) in [6, 6.07) is 10.4. The molecule has 2 rings (SSSR count). The highest BCUT2D eigenvalue weighted by Gasteiger charge is 2.08. The number of hydrogen-bond acceptors (Lipinski definition) is 3. The van der Waals surface area contributed by atoms with Gasteiger partial charge < -0.3 is 15.4 Å². The predicted octanol–water partition coefficient (Wildman–Crippen LogP) is 2.97. The van der Waals surface area contributed by atoms with Crippen LogP contribution in [0.15, 0.2) is 35.3 Å². The first-order valence-electron chi connectivity index (χ1n) is 9.37. The van der Waals surface area contributed by atoms with Crippen LogP contribution < -0.4 is 10.6 Å². The summed E-state index contributed by atoms with van der Waals surface area (Å²) in [6.07, 6.45) is 0.959. The molecule has 0 bridgehead atoms. The van der Waals surface area contributed by atoms with Gasteiger partial charge in [-0.15, -0.1) is 0 Å². The van der Waals surface area contributed by atoms with Crippen LogP contribution in [0.3, 0.4) is 0 Å². The van der Waals surface area contributed by atoms with E-state index < -0.39 is 0 Å². The Kier molecular flexibility index (Phi) is 8.15. The zero-order chi connectivity index (χ0) is 18.8. The van der Waals surface area contributed by atoms with E-state index in [1.807, 2.05) is 30.7 Å². The second kappa shape index (κ2) is 10.6. The first-order chi connectivity index (χ1) is 12.7. The molecule has 0 fully saturated rings. The molecule has 0 saturated heterocycles. The molecule has 1 heterocycles. The van der Waals surface area contributed by atoms with Gasteiger partial charge in [-0.3, -0.25) is 0 Å². The van der Waals surface area contributed by atoms with E-state index in [0.29, 0.717) is 6.54 Å². The minimum Gasteiger partial charge on any atom is -0.382 e. The van der Waals surface area contributed by atoms with E-state index in [0.717, 1.165) is 61.3 Å². The van der Waals surface area contributed by atoms with E-state index in [4.69, 9.17) is 9.73 Å². The highest BCUT2D eigenvalue weighted by molar-refractivity contribution is 5.79. The number of rotatable bonds is 9. The lowest BCUT2D eigenvalue weighted by molar-refractivity contribution is 0.145. The summed E-state index contributed by atoms with van der Waals surface area (Å²) in [5.74, 6) is 0.826. The van der Waals surface area contributed by atoms with Crippen LogP contribution in [0.2, 0.25) is 0 Å². The smallest absolute Gasteiger partial charge is 0.191 e. The van der Waals surface area contributed by atoms with Crippen molar-refractivity contribution in [1.82, 2.24) is 20.4 Å². The van der Waals surface area contributed by atoms with E-state index in [1.54, 1.807) is 0 Å². The molecule has 1 aromatic heterocycles. The standard InChI is InChI=1S/C20H31N5O/c1-5-21-20(22-12-9-13-26-6-2)23-15-18-10-7-8-11-19(18)25-17(4)14-16(3)24-25/h7-8,10-11,14H,5-6,9,12-13,15H2,1-4H3,(H2,21,22,23). The van der Waals surface area contributed by atoms with E-state index in [-0.39, 0.29) is 0 Å². The van der Waals surface area contributed by atoms with Gasteiger partial charge in [0.05, 0.1) is 17.9 Å². The number of aliphatic imine (C=N–C) groups is 1. The lowest BCUT2D eigenvalue weighted by Crippen LogP contribution is -2.38. The Hall–Kier alpha value is -2.34. The van der Waals surface area contributed by atoms with Gasteiger partial charge in [0.15, 0.2) is 5.96 Å². The number of aromatic nitrogens is 2. The van der Waals surface area contributed by atoms with Gasteiger partial charge in [-0.25, -0.2) is 9.67 Å². The zero-order valence-electron chi connectivity index (χ0n) is 16.4. The Labute approximate surface area is 156 Å². The quantitative estimate of drug-likeness (QED) is 0.411. The van der Waals surface area contributed by atoms with Crippen molar-refractivity contribution in [3.05, 3.63) is 47.3 Å². The number of para-hydroxylation sites is 1. The number of guanidine groups is 1. The molecule has 0 aliphatic heterocycles. The minimum absolute atomic E-state index is 0.593. The Morgan fingerprint density at radius 1 is 1.19 bits per heavy atom. The van der Waals surface area contributed by atoms with Crippen molar-refractivity contribution >= 4 is 5.96 Å². The van der Waals surface area contributed by atoms with Crippen molar-refractivity contribution in [2.75, 3.05) is 26.3 Å². The number of ether oxygens (including phenoxy) is 1. The van der Waals surface area contributed by atoms with Crippen molar-refractivity contribution in [3.63, 3.8) is 0 Å². The average Bonchev–Trinajstić information content (AvgIpc) is 2.97. The molecular weight excluding hydrogens is 326 g/mol. The van der Waals surface area contributed by atoms with Gasteiger partial charge in [-0.1, -0.05) is 18.2 Å². The summed E-state index contributed by atoms with van der Waals surface area (Å²) >= 11 is 0. The fourth-order valence-corrected chi connectivity index (χ4v) is 2.76. The molecule has 2 N–H and O–H groups in total. The molecule has 0 radical (unpaired) electrons. The first-order valence-corrected chi connectivity index (χ1v) is 9.37. The van der Waals surface area contributed by atoms with Gasteiger partial charge in [0.25, 0.3) is 0 Å². The van der Waals surface area contributed by atoms with Gasteiger partial charge in [-0.2, -0.15) is 5.10 Å². The molecule has 26 heavy (non-hydrogen) atoms. The van der Waals surface area contributed by atoms with Crippen LogP contribution in [0, 0.1) is 13.8 Å². The third kappa shape index (κ3) is 5.88. The van der Waals surface area contributed by atoms with Crippen LogP contribution in [0.5, 0.6) is 0 Å². The summed E-state index contributed by atoms with van der Waals surface area (Å²) in [5, 5.41) is 11.3. The molecule has 6 nitrogen and oxygen atoms in total. The molecule has 0 amide bonds. The number of nitrogens with zero attached hydrogens (tertiary/aromatic N) is 3. The van der Waals surface area contributed by atoms with Gasteiger partial charge >= 0.3 is 0 Å². The van der Waals surface area contributed by atoms with E-state index in [1.165, 1.54) is 0 Å². The van der Waals surface area contributed by atoms with Gasteiger partial charge in [0.1, 0.15) is 0 Å². The summed E-state index contributed by atoms with van der Waals surface area (Å²) in [6.45, 7) is 12.0. The Balaban J connectivity index is 2.08. The number of hydrogen-bond donors (Lipinski definition) is 2. The van der Waals surface area contributed by atoms with E-state index in [9.17, 15) is 0 Å². The van der Waals surface area contributed by atoms with Crippen molar-refractivity contribution in [2.45, 2.75) is 40.7 Å². The lowest BCUT2D eigenvalue weighted by Gasteiger charge is -2.13. The fourth-order valence-electron chi connectivity index (χ4n) is 2.76. The predicted molar refractivity (Wildman–Crippen MR) is 107 cm³/mol. The number of benzene rings is 1. The molecule has 0 saturated carbocycles. The molecule has 0 spiro atoms. The highest BCUT2D eigenvalue weighted by Crippen LogP contribution is 2.17. The SMILES string of the molecule is CCNC(=NCc1ccccc1-n1nc(C)cc1C)NCCCOCC. The number of nitrogens with one attached hydrogen (secondary N) is 2. The molecule has 1 aromatic carbocycles. The summed E-state index contributed by atoms with van der Waals surface area (Å²) in [4.78, 5) is 4.74. The lowest BCUT2D eigenvalue weighted by atomic mass is 10.2. The maximum absolute atomic E-state index is 5.37.